The normalized spacial score (nSPS) is 25.3. The fourth-order valence-electron chi connectivity index (χ4n) is 2.83. The van der Waals surface area contributed by atoms with Gasteiger partial charge in [0.15, 0.2) is 0 Å². The maximum Gasteiger partial charge on any atom is 0.0897 e. The van der Waals surface area contributed by atoms with Gasteiger partial charge in [-0.05, 0) is 30.2 Å². The number of aliphatic hydroxyl groups excluding tert-OH is 1. The van der Waals surface area contributed by atoms with E-state index >= 15 is 0 Å². The smallest absolute Gasteiger partial charge is 0.0897 e. The van der Waals surface area contributed by atoms with Crippen LogP contribution in [0.3, 0.4) is 0 Å². The Morgan fingerprint density at radius 2 is 2.25 bits per heavy atom. The molecular formula is C16H27NO2S. The summed E-state index contributed by atoms with van der Waals surface area (Å²) >= 11 is 1.69. The highest BCUT2D eigenvalue weighted by molar-refractivity contribution is 7.09. The van der Waals surface area contributed by atoms with Crippen LogP contribution >= 0.6 is 11.3 Å². The van der Waals surface area contributed by atoms with Crippen LogP contribution in [0.5, 0.6) is 0 Å². The number of nitrogens with one attached hydrogen (secondary N) is 1. The number of aliphatic hydroxyl groups is 1. The molecule has 3 atom stereocenters. The molecule has 0 amide bonds. The van der Waals surface area contributed by atoms with Gasteiger partial charge in [-0.1, -0.05) is 32.3 Å². The van der Waals surface area contributed by atoms with Gasteiger partial charge in [-0.3, -0.25) is 0 Å². The highest BCUT2D eigenvalue weighted by atomic mass is 32.1. The largest absolute Gasteiger partial charge is 0.389 e. The zero-order valence-corrected chi connectivity index (χ0v) is 13.2. The molecule has 1 aromatic heterocycles. The zero-order chi connectivity index (χ0) is 14.2. The van der Waals surface area contributed by atoms with E-state index in [1.807, 2.05) is 11.4 Å². The lowest BCUT2D eigenvalue weighted by atomic mass is 9.97. The fourth-order valence-corrected chi connectivity index (χ4v) is 3.47. The molecule has 4 heteroatoms. The van der Waals surface area contributed by atoms with Crippen LogP contribution in [0.2, 0.25) is 0 Å². The summed E-state index contributed by atoms with van der Waals surface area (Å²) in [6, 6.07) is 4.64. The van der Waals surface area contributed by atoms with Crippen molar-refractivity contribution in [2.24, 2.45) is 5.92 Å². The predicted octanol–water partition coefficient (Wildman–Crippen LogP) is 3.18. The molecule has 0 spiro atoms. The lowest BCUT2D eigenvalue weighted by Gasteiger charge is -2.24. The Balaban J connectivity index is 1.60. The van der Waals surface area contributed by atoms with Crippen LogP contribution in [0, 0.1) is 5.92 Å². The third kappa shape index (κ3) is 5.52. The third-order valence-electron chi connectivity index (χ3n) is 4.11. The average molecular weight is 297 g/mol. The third-order valence-corrected chi connectivity index (χ3v) is 4.96. The van der Waals surface area contributed by atoms with E-state index in [9.17, 15) is 5.11 Å². The van der Waals surface area contributed by atoms with Crippen molar-refractivity contribution in [3.8, 4) is 0 Å². The van der Waals surface area contributed by atoms with Gasteiger partial charge in [0, 0.05) is 17.5 Å². The zero-order valence-electron chi connectivity index (χ0n) is 12.4. The van der Waals surface area contributed by atoms with Gasteiger partial charge in [0.05, 0.1) is 19.3 Å². The number of rotatable bonds is 7. The van der Waals surface area contributed by atoms with Crippen molar-refractivity contribution >= 4 is 11.3 Å². The predicted molar refractivity (Wildman–Crippen MR) is 84.0 cm³/mol. The monoisotopic (exact) mass is 297 g/mol. The molecular weight excluding hydrogens is 270 g/mol. The second-order valence-corrected chi connectivity index (χ2v) is 6.91. The van der Waals surface area contributed by atoms with E-state index in [1.54, 1.807) is 11.3 Å². The lowest BCUT2D eigenvalue weighted by Crippen LogP contribution is -2.40. The van der Waals surface area contributed by atoms with Crippen LogP contribution in [0.15, 0.2) is 17.5 Å². The first-order valence-corrected chi connectivity index (χ1v) is 8.65. The number of hydrogen-bond donors (Lipinski definition) is 2. The number of hydrogen-bond acceptors (Lipinski definition) is 4. The lowest BCUT2D eigenvalue weighted by molar-refractivity contribution is 0.0276. The average Bonchev–Trinajstić information content (AvgIpc) is 2.86. The van der Waals surface area contributed by atoms with E-state index in [1.165, 1.54) is 37.0 Å². The SMILES string of the molecule is CC1CCCCCC1NCC(O)COCc1cccs1. The summed E-state index contributed by atoms with van der Waals surface area (Å²) in [6.45, 7) is 3.97. The van der Waals surface area contributed by atoms with Gasteiger partial charge in [-0.2, -0.15) is 0 Å². The van der Waals surface area contributed by atoms with Gasteiger partial charge in [0.2, 0.25) is 0 Å². The van der Waals surface area contributed by atoms with Crippen LogP contribution in [0.4, 0.5) is 0 Å². The second-order valence-electron chi connectivity index (χ2n) is 5.88. The molecule has 20 heavy (non-hydrogen) atoms. The molecule has 1 aliphatic carbocycles. The highest BCUT2D eigenvalue weighted by Gasteiger charge is 2.20. The number of thiophene rings is 1. The molecule has 1 fully saturated rings. The van der Waals surface area contributed by atoms with Crippen LogP contribution in [-0.2, 0) is 11.3 Å². The molecule has 114 valence electrons. The topological polar surface area (TPSA) is 41.5 Å². The Morgan fingerprint density at radius 1 is 1.40 bits per heavy atom. The summed E-state index contributed by atoms with van der Waals surface area (Å²) in [5.41, 5.74) is 0. The first kappa shape index (κ1) is 16.0. The molecule has 2 N–H and O–H groups in total. The molecule has 0 saturated heterocycles. The molecule has 1 aliphatic rings. The first-order valence-electron chi connectivity index (χ1n) is 7.77. The molecule has 1 saturated carbocycles. The summed E-state index contributed by atoms with van der Waals surface area (Å²) < 4.78 is 5.55. The van der Waals surface area contributed by atoms with Crippen molar-refractivity contribution < 1.29 is 9.84 Å². The minimum Gasteiger partial charge on any atom is -0.389 e. The van der Waals surface area contributed by atoms with E-state index in [4.69, 9.17) is 4.74 Å². The van der Waals surface area contributed by atoms with E-state index < -0.39 is 6.10 Å². The molecule has 0 bridgehead atoms. The van der Waals surface area contributed by atoms with Crippen molar-refractivity contribution in [1.29, 1.82) is 0 Å². The minimum absolute atomic E-state index is 0.409. The van der Waals surface area contributed by atoms with E-state index in [2.05, 4.69) is 18.3 Å². The van der Waals surface area contributed by atoms with E-state index in [0.29, 0.717) is 25.8 Å². The Labute approximate surface area is 126 Å². The standard InChI is InChI=1S/C16H27NO2S/c1-13-6-3-2-4-8-16(13)17-10-14(18)11-19-12-15-7-5-9-20-15/h5,7,9,13-14,16-18H,2-4,6,8,10-12H2,1H3. The van der Waals surface area contributed by atoms with E-state index in [0.717, 1.165) is 5.92 Å². The summed E-state index contributed by atoms with van der Waals surface area (Å²) in [6.07, 6.45) is 6.16. The maximum atomic E-state index is 9.98. The van der Waals surface area contributed by atoms with Crippen molar-refractivity contribution in [2.75, 3.05) is 13.2 Å². The van der Waals surface area contributed by atoms with Gasteiger partial charge < -0.3 is 15.2 Å². The molecule has 0 aromatic carbocycles. The van der Waals surface area contributed by atoms with Crippen molar-refractivity contribution in [2.45, 2.75) is 57.8 Å². The Hall–Kier alpha value is -0.420. The van der Waals surface area contributed by atoms with Crippen LogP contribution in [0.1, 0.15) is 43.9 Å². The van der Waals surface area contributed by atoms with Crippen molar-refractivity contribution in [3.05, 3.63) is 22.4 Å². The molecule has 1 heterocycles. The molecule has 0 radical (unpaired) electrons. The van der Waals surface area contributed by atoms with Crippen molar-refractivity contribution in [3.63, 3.8) is 0 Å². The second kappa shape index (κ2) is 8.78. The molecule has 3 nitrogen and oxygen atoms in total. The molecule has 2 rings (SSSR count). The Bertz CT molecular complexity index is 355. The molecule has 3 unspecified atom stereocenters. The number of ether oxygens (including phenoxy) is 1. The van der Waals surface area contributed by atoms with Crippen molar-refractivity contribution in [1.82, 2.24) is 5.32 Å². The van der Waals surface area contributed by atoms with Crippen LogP contribution < -0.4 is 5.32 Å². The Kier molecular flexibility index (Phi) is 7.00. The van der Waals surface area contributed by atoms with E-state index in [-0.39, 0.29) is 0 Å². The summed E-state index contributed by atoms with van der Waals surface area (Å²) in [5.74, 6) is 0.719. The minimum atomic E-state index is -0.412. The van der Waals surface area contributed by atoms with Crippen LogP contribution in [0.25, 0.3) is 0 Å². The summed E-state index contributed by atoms with van der Waals surface area (Å²) in [7, 11) is 0. The van der Waals surface area contributed by atoms with Gasteiger partial charge in [-0.25, -0.2) is 0 Å². The van der Waals surface area contributed by atoms with Gasteiger partial charge in [0.25, 0.3) is 0 Å². The Morgan fingerprint density at radius 3 is 3.05 bits per heavy atom. The first-order chi connectivity index (χ1) is 9.75. The van der Waals surface area contributed by atoms with Crippen LogP contribution in [-0.4, -0.2) is 30.4 Å². The summed E-state index contributed by atoms with van der Waals surface area (Å²) in [4.78, 5) is 1.21. The molecule has 1 aromatic rings. The maximum absolute atomic E-state index is 9.98. The quantitative estimate of drug-likeness (QED) is 0.760. The molecule has 0 aliphatic heterocycles. The van der Waals surface area contributed by atoms with Gasteiger partial charge in [-0.15, -0.1) is 11.3 Å². The summed E-state index contributed by atoms with van der Waals surface area (Å²) in [5, 5.41) is 15.6. The van der Waals surface area contributed by atoms with Gasteiger partial charge in [0.1, 0.15) is 0 Å². The fraction of sp³-hybridized carbons (Fsp3) is 0.750. The van der Waals surface area contributed by atoms with Gasteiger partial charge >= 0.3 is 0 Å². The highest BCUT2D eigenvalue weighted by Crippen LogP contribution is 2.22.